The molecule has 0 fully saturated rings. The molecule has 0 saturated heterocycles. The second kappa shape index (κ2) is 6.07. The molecule has 0 aromatic heterocycles. The van der Waals surface area contributed by atoms with Gasteiger partial charge in [-0.1, -0.05) is 6.92 Å². The second-order valence-corrected chi connectivity index (χ2v) is 1.73. The van der Waals surface area contributed by atoms with Crippen LogP contribution < -0.4 is 0 Å². The van der Waals surface area contributed by atoms with Crippen LogP contribution in [0.1, 0.15) is 13.3 Å². The molecule has 3 nitrogen and oxygen atoms in total. The highest BCUT2D eigenvalue weighted by Gasteiger charge is 1.99. The van der Waals surface area contributed by atoms with E-state index in [9.17, 15) is 0 Å². The molecule has 1 atom stereocenters. The molecule has 0 aliphatic heterocycles. The molecule has 0 aromatic carbocycles. The van der Waals surface area contributed by atoms with Gasteiger partial charge in [-0.15, -0.1) is 0 Å². The minimum atomic E-state index is -0.378. The van der Waals surface area contributed by atoms with Crippen molar-refractivity contribution in [2.45, 2.75) is 19.4 Å². The molecule has 4 heteroatoms. The Morgan fingerprint density at radius 2 is 2.33 bits per heavy atom. The summed E-state index contributed by atoms with van der Waals surface area (Å²) >= 11 is 0. The van der Waals surface area contributed by atoms with Crippen molar-refractivity contribution in [1.29, 1.82) is 0 Å². The van der Waals surface area contributed by atoms with Gasteiger partial charge in [0.2, 0.25) is 0 Å². The molecule has 0 heterocycles. The summed E-state index contributed by atoms with van der Waals surface area (Å²) in [5.74, 6) is 0. The van der Waals surface area contributed by atoms with Crippen molar-refractivity contribution in [1.82, 2.24) is 0 Å². The van der Waals surface area contributed by atoms with Crippen LogP contribution in [0.2, 0.25) is 0 Å². The van der Waals surface area contributed by atoms with E-state index in [0.29, 0.717) is 13.0 Å². The van der Waals surface area contributed by atoms with E-state index in [1.165, 1.54) is 14.8 Å². The summed E-state index contributed by atoms with van der Waals surface area (Å²) in [7, 11) is 2.71. The summed E-state index contributed by atoms with van der Waals surface area (Å²) < 4.78 is 9.22. The third kappa shape index (κ3) is 5.82. The monoisotopic (exact) mass is 131 g/mol. The summed E-state index contributed by atoms with van der Waals surface area (Å²) in [6, 6.07) is 0. The Kier molecular flexibility index (Phi) is 6.03. The molecule has 0 bridgehead atoms. The normalized spacial score (nSPS) is 13.2. The van der Waals surface area contributed by atoms with Gasteiger partial charge in [-0.25, -0.2) is 0 Å². The lowest BCUT2D eigenvalue weighted by molar-refractivity contribution is 0.0953. The lowest BCUT2D eigenvalue weighted by Gasteiger charge is -2.05. The van der Waals surface area contributed by atoms with Crippen molar-refractivity contribution >= 4 is 7.69 Å². The van der Waals surface area contributed by atoms with E-state index >= 15 is 0 Å². The first-order valence-electron chi connectivity index (χ1n) is 2.95. The van der Waals surface area contributed by atoms with E-state index < -0.39 is 0 Å². The van der Waals surface area contributed by atoms with Crippen LogP contribution in [0.15, 0.2) is 0 Å². The zero-order valence-electron chi connectivity index (χ0n) is 5.83. The van der Waals surface area contributed by atoms with Crippen molar-refractivity contribution in [3.8, 4) is 0 Å². The van der Waals surface area contributed by atoms with Gasteiger partial charge < -0.3 is 14.4 Å². The largest absolute Gasteiger partial charge is 0.487 e. The highest BCUT2D eigenvalue weighted by molar-refractivity contribution is 6.17. The molecule has 9 heavy (non-hydrogen) atoms. The maximum atomic E-state index is 8.88. The fraction of sp³-hybridized carbons (Fsp3) is 1.00. The molecular weight excluding hydrogens is 119 g/mol. The van der Waals surface area contributed by atoms with Crippen LogP contribution in [0, 0.1) is 0 Å². The summed E-state index contributed by atoms with van der Waals surface area (Å²) in [6.45, 7) is 2.20. The molecule has 1 radical (unpaired) electrons. The minimum absolute atomic E-state index is 0.310. The van der Waals surface area contributed by atoms with Crippen molar-refractivity contribution < 1.29 is 14.4 Å². The van der Waals surface area contributed by atoms with Gasteiger partial charge in [0.05, 0.1) is 12.7 Å². The Morgan fingerprint density at radius 1 is 1.67 bits per heavy atom. The zero-order valence-corrected chi connectivity index (χ0v) is 5.83. The van der Waals surface area contributed by atoms with Crippen molar-refractivity contribution in [2.24, 2.45) is 0 Å². The zero-order chi connectivity index (χ0) is 7.11. The lowest BCUT2D eigenvalue weighted by Crippen LogP contribution is -2.16. The molecule has 0 rings (SSSR count). The Hall–Kier alpha value is -0.0551. The van der Waals surface area contributed by atoms with Gasteiger partial charge in [0.1, 0.15) is 0 Å². The number of aliphatic hydroxyl groups excluding tert-OH is 1. The van der Waals surface area contributed by atoms with Crippen LogP contribution >= 0.6 is 0 Å². The van der Waals surface area contributed by atoms with Crippen LogP contribution in [-0.2, 0) is 9.31 Å². The number of hydrogen-bond acceptors (Lipinski definition) is 3. The maximum absolute atomic E-state index is 8.88. The minimum Gasteiger partial charge on any atom is -0.416 e. The molecule has 1 unspecified atom stereocenters. The molecule has 0 saturated carbocycles. The average Bonchev–Trinajstić information content (AvgIpc) is 1.89. The predicted octanol–water partition coefficient (Wildman–Crippen LogP) is -0.0455. The van der Waals surface area contributed by atoms with Crippen LogP contribution in [0.3, 0.4) is 0 Å². The number of aliphatic hydroxyl groups is 1. The second-order valence-electron chi connectivity index (χ2n) is 1.73. The average molecular weight is 131 g/mol. The Balaban J connectivity index is 2.88. The van der Waals surface area contributed by atoms with Gasteiger partial charge in [0, 0.05) is 7.11 Å². The summed E-state index contributed by atoms with van der Waals surface area (Å²) in [4.78, 5) is 0. The molecule has 53 valence electrons. The SMILES string of the molecule is CCC(O)CO[B]OC. The van der Waals surface area contributed by atoms with E-state index in [1.54, 1.807) is 0 Å². The molecule has 0 spiro atoms. The summed E-state index contributed by atoms with van der Waals surface area (Å²) in [5, 5.41) is 8.88. The Labute approximate surface area is 56.3 Å². The third-order valence-electron chi connectivity index (χ3n) is 0.924. The predicted molar refractivity (Wildman–Crippen MR) is 35.0 cm³/mol. The Morgan fingerprint density at radius 3 is 2.78 bits per heavy atom. The standard InChI is InChI=1S/C5H12BO3/c1-3-5(7)4-9-6-8-2/h5,7H,3-4H2,1-2H3. The van der Waals surface area contributed by atoms with E-state index in [4.69, 9.17) is 9.76 Å². The summed E-state index contributed by atoms with van der Waals surface area (Å²) in [5.41, 5.74) is 0. The molecule has 0 aromatic rings. The first-order chi connectivity index (χ1) is 4.31. The molecule has 1 N–H and O–H groups in total. The van der Waals surface area contributed by atoms with Gasteiger partial charge in [-0.3, -0.25) is 0 Å². The van der Waals surface area contributed by atoms with E-state index in [2.05, 4.69) is 4.65 Å². The van der Waals surface area contributed by atoms with Crippen molar-refractivity contribution in [3.05, 3.63) is 0 Å². The molecule has 0 aliphatic rings. The number of rotatable bonds is 5. The van der Waals surface area contributed by atoms with Crippen LogP contribution in [-0.4, -0.2) is 32.6 Å². The van der Waals surface area contributed by atoms with Crippen LogP contribution in [0.5, 0.6) is 0 Å². The topological polar surface area (TPSA) is 38.7 Å². The smallest absolute Gasteiger partial charge is 0.416 e. The van der Waals surface area contributed by atoms with Gasteiger partial charge in [0.25, 0.3) is 0 Å². The van der Waals surface area contributed by atoms with E-state index in [1.807, 2.05) is 6.92 Å². The first-order valence-corrected chi connectivity index (χ1v) is 2.95. The van der Waals surface area contributed by atoms with E-state index in [0.717, 1.165) is 0 Å². The van der Waals surface area contributed by atoms with Gasteiger partial charge in [-0.2, -0.15) is 0 Å². The molecule has 0 amide bonds. The van der Waals surface area contributed by atoms with Gasteiger partial charge in [-0.05, 0) is 6.42 Å². The van der Waals surface area contributed by atoms with Crippen LogP contribution in [0.25, 0.3) is 0 Å². The van der Waals surface area contributed by atoms with Crippen LogP contribution in [0.4, 0.5) is 0 Å². The van der Waals surface area contributed by atoms with Crippen molar-refractivity contribution in [2.75, 3.05) is 13.7 Å². The molecule has 0 aliphatic carbocycles. The highest BCUT2D eigenvalue weighted by Crippen LogP contribution is 1.88. The Bertz CT molecular complexity index is 60.2. The van der Waals surface area contributed by atoms with Gasteiger partial charge >= 0.3 is 7.69 Å². The fourth-order valence-electron chi connectivity index (χ4n) is 0.336. The lowest BCUT2D eigenvalue weighted by atomic mass is 10.3. The third-order valence-corrected chi connectivity index (χ3v) is 0.924. The van der Waals surface area contributed by atoms with Gasteiger partial charge in [0.15, 0.2) is 0 Å². The maximum Gasteiger partial charge on any atom is 0.487 e. The number of hydrogen-bond donors (Lipinski definition) is 1. The van der Waals surface area contributed by atoms with Crippen molar-refractivity contribution in [3.63, 3.8) is 0 Å². The quantitative estimate of drug-likeness (QED) is 0.420. The molecular formula is C5H12BO3. The summed E-state index contributed by atoms with van der Waals surface area (Å²) in [6.07, 6.45) is 0.328. The first kappa shape index (κ1) is 8.94. The van der Waals surface area contributed by atoms with E-state index in [-0.39, 0.29) is 6.10 Å². The highest BCUT2D eigenvalue weighted by atomic mass is 16.6. The fourth-order valence-corrected chi connectivity index (χ4v) is 0.336.